The molecule has 4 rings (SSSR count). The number of hydrogen-bond donors (Lipinski definition) is 0. The minimum atomic E-state index is -0.307. The van der Waals surface area contributed by atoms with E-state index in [0.29, 0.717) is 12.4 Å². The first kappa shape index (κ1) is 19.5. The summed E-state index contributed by atoms with van der Waals surface area (Å²) >= 11 is 0. The number of benzene rings is 2. The molecule has 5 heteroatoms. The number of oxazole rings is 1. The first-order valence-electron chi connectivity index (χ1n) is 10.6. The Kier molecular flexibility index (Phi) is 6.13. The van der Waals surface area contributed by atoms with Crippen LogP contribution in [0.5, 0.6) is 0 Å². The van der Waals surface area contributed by atoms with E-state index in [-0.39, 0.29) is 18.7 Å². The van der Waals surface area contributed by atoms with E-state index in [1.54, 1.807) is 4.90 Å². The fourth-order valence-corrected chi connectivity index (χ4v) is 3.91. The molecule has 1 unspecified atom stereocenters. The van der Waals surface area contributed by atoms with Crippen molar-refractivity contribution in [2.45, 2.75) is 58.1 Å². The van der Waals surface area contributed by atoms with E-state index >= 15 is 0 Å². The minimum Gasteiger partial charge on any atom is -0.445 e. The zero-order valence-electron chi connectivity index (χ0n) is 17.0. The van der Waals surface area contributed by atoms with Crippen LogP contribution in [0.15, 0.2) is 52.9 Å². The third kappa shape index (κ3) is 4.61. The van der Waals surface area contributed by atoms with Crippen molar-refractivity contribution in [2.75, 3.05) is 6.54 Å². The molecular formula is C24H28N2O3. The van der Waals surface area contributed by atoms with Gasteiger partial charge in [0.15, 0.2) is 5.58 Å². The molecule has 0 N–H and O–H groups in total. The molecule has 5 nitrogen and oxygen atoms in total. The molecule has 1 aliphatic rings. The van der Waals surface area contributed by atoms with Crippen molar-refractivity contribution >= 4 is 17.2 Å². The topological polar surface area (TPSA) is 55.6 Å². The summed E-state index contributed by atoms with van der Waals surface area (Å²) in [4.78, 5) is 19.1. The number of nitrogens with zero attached hydrogens (tertiary/aromatic N) is 2. The fourth-order valence-electron chi connectivity index (χ4n) is 3.91. The summed E-state index contributed by atoms with van der Waals surface area (Å²) in [5.74, 6) is 0.611. The van der Waals surface area contributed by atoms with Gasteiger partial charge in [-0.15, -0.1) is 0 Å². The number of likely N-dealkylation sites (tertiary alicyclic amines) is 1. The minimum absolute atomic E-state index is 0.158. The predicted molar refractivity (Wildman–Crippen MR) is 113 cm³/mol. The van der Waals surface area contributed by atoms with E-state index in [1.807, 2.05) is 36.4 Å². The zero-order chi connectivity index (χ0) is 20.1. The standard InChI is InChI=1S/C24H28N2O3/c1-2-3-5-9-18-13-14-20-22(16-18)29-23(25-20)21-12-8-15-26(21)24(27)28-17-19-10-6-4-7-11-19/h4,6-7,10-11,13-14,16,21H,2-3,5,8-9,12,15,17H2,1H3. The molecule has 1 amide bonds. The highest BCUT2D eigenvalue weighted by molar-refractivity contribution is 5.74. The monoisotopic (exact) mass is 392 g/mol. The van der Waals surface area contributed by atoms with Crippen molar-refractivity contribution in [2.24, 2.45) is 0 Å². The van der Waals surface area contributed by atoms with Gasteiger partial charge in [0.25, 0.3) is 0 Å². The molecule has 1 aliphatic heterocycles. The summed E-state index contributed by atoms with van der Waals surface area (Å²) in [7, 11) is 0. The number of carbonyl (C=O) groups excluding carboxylic acids is 1. The van der Waals surface area contributed by atoms with E-state index < -0.39 is 0 Å². The van der Waals surface area contributed by atoms with Crippen LogP contribution < -0.4 is 0 Å². The van der Waals surface area contributed by atoms with Crippen molar-refractivity contribution in [1.82, 2.24) is 9.88 Å². The number of amides is 1. The SMILES string of the molecule is CCCCCc1ccc2nc(C3CCCN3C(=O)OCc3ccccc3)oc2c1. The predicted octanol–water partition coefficient (Wildman–Crippen LogP) is 6.03. The summed E-state index contributed by atoms with van der Waals surface area (Å²) in [5, 5.41) is 0. The normalized spacial score (nSPS) is 16.4. The average molecular weight is 392 g/mol. The van der Waals surface area contributed by atoms with Crippen LogP contribution in [-0.2, 0) is 17.8 Å². The van der Waals surface area contributed by atoms with Crippen LogP contribution in [0.4, 0.5) is 4.79 Å². The van der Waals surface area contributed by atoms with Gasteiger partial charge in [-0.3, -0.25) is 4.90 Å². The highest BCUT2D eigenvalue weighted by atomic mass is 16.6. The third-order valence-electron chi connectivity index (χ3n) is 5.52. The number of rotatable bonds is 7. The molecule has 2 heterocycles. The molecule has 0 radical (unpaired) electrons. The molecule has 0 aliphatic carbocycles. The van der Waals surface area contributed by atoms with Gasteiger partial charge in [0.05, 0.1) is 0 Å². The molecular weight excluding hydrogens is 364 g/mol. The van der Waals surface area contributed by atoms with E-state index in [0.717, 1.165) is 35.9 Å². The van der Waals surface area contributed by atoms with Crippen LogP contribution in [0.1, 0.15) is 62.1 Å². The van der Waals surface area contributed by atoms with Gasteiger partial charge in [0.2, 0.25) is 5.89 Å². The highest BCUT2D eigenvalue weighted by Gasteiger charge is 2.34. The average Bonchev–Trinajstić information content (AvgIpc) is 3.39. The number of carbonyl (C=O) groups is 1. The van der Waals surface area contributed by atoms with E-state index in [1.165, 1.54) is 24.8 Å². The van der Waals surface area contributed by atoms with Crippen molar-refractivity contribution < 1.29 is 13.9 Å². The van der Waals surface area contributed by atoms with Crippen LogP contribution in [0.25, 0.3) is 11.1 Å². The summed E-state index contributed by atoms with van der Waals surface area (Å²) in [6.45, 7) is 3.15. The Labute approximate surface area is 171 Å². The van der Waals surface area contributed by atoms with Crippen LogP contribution in [0.3, 0.4) is 0 Å². The number of aryl methyl sites for hydroxylation is 1. The second-order valence-corrected chi connectivity index (χ2v) is 7.70. The summed E-state index contributed by atoms with van der Waals surface area (Å²) in [6.07, 6.45) is 6.16. The van der Waals surface area contributed by atoms with Gasteiger partial charge < -0.3 is 9.15 Å². The molecule has 2 aromatic carbocycles. The van der Waals surface area contributed by atoms with Crippen molar-refractivity contribution in [1.29, 1.82) is 0 Å². The number of fused-ring (bicyclic) bond motifs is 1. The van der Waals surface area contributed by atoms with Gasteiger partial charge in [-0.25, -0.2) is 9.78 Å². The molecule has 152 valence electrons. The Morgan fingerprint density at radius 2 is 2.03 bits per heavy atom. The van der Waals surface area contributed by atoms with Gasteiger partial charge in [0.1, 0.15) is 18.2 Å². The van der Waals surface area contributed by atoms with Crippen LogP contribution in [-0.4, -0.2) is 22.5 Å². The van der Waals surface area contributed by atoms with Crippen LogP contribution >= 0.6 is 0 Å². The highest BCUT2D eigenvalue weighted by Crippen LogP contribution is 2.34. The lowest BCUT2D eigenvalue weighted by atomic mass is 10.1. The first-order valence-corrected chi connectivity index (χ1v) is 10.6. The van der Waals surface area contributed by atoms with Crippen molar-refractivity contribution in [3.05, 3.63) is 65.5 Å². The number of unbranched alkanes of at least 4 members (excludes halogenated alkanes) is 2. The maximum Gasteiger partial charge on any atom is 0.410 e. The smallest absolute Gasteiger partial charge is 0.410 e. The second kappa shape index (κ2) is 9.12. The molecule has 0 bridgehead atoms. The molecule has 0 saturated carbocycles. The first-order chi connectivity index (χ1) is 14.2. The number of hydrogen-bond acceptors (Lipinski definition) is 4. The molecule has 0 spiro atoms. The number of aromatic nitrogens is 1. The summed E-state index contributed by atoms with van der Waals surface area (Å²) in [6, 6.07) is 15.8. The van der Waals surface area contributed by atoms with E-state index in [4.69, 9.17) is 9.15 Å². The quantitative estimate of drug-likeness (QED) is 0.460. The fraction of sp³-hybridized carbons (Fsp3) is 0.417. The Bertz CT molecular complexity index is 951. The zero-order valence-corrected chi connectivity index (χ0v) is 17.0. The molecule has 1 fully saturated rings. The Balaban J connectivity index is 1.44. The molecule has 3 aromatic rings. The Hall–Kier alpha value is -2.82. The Morgan fingerprint density at radius 3 is 2.86 bits per heavy atom. The lowest BCUT2D eigenvalue weighted by Gasteiger charge is -2.21. The van der Waals surface area contributed by atoms with Gasteiger partial charge in [-0.1, -0.05) is 56.2 Å². The maximum absolute atomic E-state index is 12.7. The van der Waals surface area contributed by atoms with Crippen LogP contribution in [0.2, 0.25) is 0 Å². The third-order valence-corrected chi connectivity index (χ3v) is 5.52. The molecule has 1 aromatic heterocycles. The van der Waals surface area contributed by atoms with Gasteiger partial charge >= 0.3 is 6.09 Å². The maximum atomic E-state index is 12.7. The largest absolute Gasteiger partial charge is 0.445 e. The summed E-state index contributed by atoms with van der Waals surface area (Å²) < 4.78 is 11.6. The molecule has 1 atom stereocenters. The van der Waals surface area contributed by atoms with Crippen molar-refractivity contribution in [3.63, 3.8) is 0 Å². The van der Waals surface area contributed by atoms with Crippen LogP contribution in [0, 0.1) is 0 Å². The van der Waals surface area contributed by atoms with Crippen molar-refractivity contribution in [3.8, 4) is 0 Å². The van der Waals surface area contributed by atoms with Gasteiger partial charge in [0, 0.05) is 6.54 Å². The van der Waals surface area contributed by atoms with E-state index in [2.05, 4.69) is 24.0 Å². The van der Waals surface area contributed by atoms with Gasteiger partial charge in [-0.05, 0) is 48.9 Å². The number of ether oxygens (including phenoxy) is 1. The van der Waals surface area contributed by atoms with E-state index in [9.17, 15) is 4.79 Å². The Morgan fingerprint density at radius 1 is 1.17 bits per heavy atom. The van der Waals surface area contributed by atoms with Gasteiger partial charge in [-0.2, -0.15) is 0 Å². The molecule has 1 saturated heterocycles. The second-order valence-electron chi connectivity index (χ2n) is 7.70. The summed E-state index contributed by atoms with van der Waals surface area (Å²) in [5.41, 5.74) is 3.91. The lowest BCUT2D eigenvalue weighted by Crippen LogP contribution is -2.31. The lowest BCUT2D eigenvalue weighted by molar-refractivity contribution is 0.0881. The molecule has 29 heavy (non-hydrogen) atoms.